The summed E-state index contributed by atoms with van der Waals surface area (Å²) in [4.78, 5) is 4.77. The number of nitrogens with two attached hydrogens (primary N) is 1. The van der Waals surface area contributed by atoms with Crippen molar-refractivity contribution < 1.29 is 4.74 Å². The van der Waals surface area contributed by atoms with E-state index in [1.165, 1.54) is 0 Å². The molecular formula is C18H20ClN3O. The van der Waals surface area contributed by atoms with E-state index < -0.39 is 0 Å². The van der Waals surface area contributed by atoms with Gasteiger partial charge in [-0.25, -0.2) is 4.98 Å². The molecule has 1 unspecified atom stereocenters. The van der Waals surface area contributed by atoms with Crippen molar-refractivity contribution >= 4 is 22.6 Å². The highest BCUT2D eigenvalue weighted by Crippen LogP contribution is 2.29. The lowest BCUT2D eigenvalue weighted by molar-refractivity contribution is 0.407. The van der Waals surface area contributed by atoms with Crippen LogP contribution in [-0.2, 0) is 13.5 Å². The Morgan fingerprint density at radius 1 is 1.26 bits per heavy atom. The molecule has 1 aromatic heterocycles. The third kappa shape index (κ3) is 3.05. The molecule has 0 aliphatic rings. The van der Waals surface area contributed by atoms with E-state index in [1.54, 1.807) is 7.11 Å². The van der Waals surface area contributed by atoms with Gasteiger partial charge in [0.2, 0.25) is 0 Å². The van der Waals surface area contributed by atoms with Gasteiger partial charge in [-0.05, 0) is 42.3 Å². The lowest BCUT2D eigenvalue weighted by Crippen LogP contribution is -2.19. The zero-order chi connectivity index (χ0) is 16.4. The predicted octanol–water partition coefficient (Wildman–Crippen LogP) is 3.52. The van der Waals surface area contributed by atoms with Crippen LogP contribution < -0.4 is 10.5 Å². The molecule has 0 saturated carbocycles. The number of ether oxygens (including phenoxy) is 1. The second-order valence-corrected chi connectivity index (χ2v) is 6.05. The first-order valence-corrected chi connectivity index (χ1v) is 7.95. The second kappa shape index (κ2) is 6.60. The van der Waals surface area contributed by atoms with Crippen LogP contribution in [0.3, 0.4) is 0 Å². The van der Waals surface area contributed by atoms with Gasteiger partial charge in [0.25, 0.3) is 0 Å². The molecular weight excluding hydrogens is 310 g/mol. The molecule has 0 aliphatic heterocycles. The third-order valence-electron chi connectivity index (χ3n) is 4.18. The maximum Gasteiger partial charge on any atom is 0.122 e. The maximum atomic E-state index is 6.13. The lowest BCUT2D eigenvalue weighted by atomic mass is 9.98. The molecule has 1 atom stereocenters. The summed E-state index contributed by atoms with van der Waals surface area (Å²) >= 11 is 6.13. The lowest BCUT2D eigenvalue weighted by Gasteiger charge is -2.17. The van der Waals surface area contributed by atoms with E-state index in [9.17, 15) is 0 Å². The van der Waals surface area contributed by atoms with Crippen LogP contribution in [0.5, 0.6) is 5.75 Å². The second-order valence-electron chi connectivity index (χ2n) is 5.61. The number of aromatic nitrogens is 2. The van der Waals surface area contributed by atoms with Crippen molar-refractivity contribution in [2.45, 2.75) is 12.3 Å². The van der Waals surface area contributed by atoms with Gasteiger partial charge >= 0.3 is 0 Å². The fourth-order valence-corrected chi connectivity index (χ4v) is 3.18. The normalized spacial score (nSPS) is 12.5. The van der Waals surface area contributed by atoms with Crippen LogP contribution in [0.15, 0.2) is 42.5 Å². The molecule has 1 heterocycles. The number of hydrogen-bond donors (Lipinski definition) is 1. The van der Waals surface area contributed by atoms with E-state index >= 15 is 0 Å². The monoisotopic (exact) mass is 329 g/mol. The van der Waals surface area contributed by atoms with Gasteiger partial charge in [-0.1, -0.05) is 23.7 Å². The fourth-order valence-electron chi connectivity index (χ4n) is 2.98. The minimum atomic E-state index is 0.0970. The number of halogens is 1. The first-order valence-electron chi connectivity index (χ1n) is 7.58. The number of aryl methyl sites for hydroxylation is 1. The van der Waals surface area contributed by atoms with Crippen LogP contribution in [0.1, 0.15) is 17.3 Å². The van der Waals surface area contributed by atoms with Crippen molar-refractivity contribution in [1.29, 1.82) is 0 Å². The Kier molecular flexibility index (Phi) is 4.55. The minimum Gasteiger partial charge on any atom is -0.496 e. The van der Waals surface area contributed by atoms with Crippen LogP contribution >= 0.6 is 11.6 Å². The third-order valence-corrected chi connectivity index (χ3v) is 4.42. The van der Waals surface area contributed by atoms with E-state index in [0.717, 1.165) is 34.6 Å². The smallest absolute Gasteiger partial charge is 0.122 e. The van der Waals surface area contributed by atoms with Gasteiger partial charge < -0.3 is 15.0 Å². The summed E-state index contributed by atoms with van der Waals surface area (Å²) in [6, 6.07) is 13.8. The van der Waals surface area contributed by atoms with E-state index in [4.69, 9.17) is 27.1 Å². The molecule has 0 radical (unpaired) electrons. The Bertz CT molecular complexity index is 828. The SMILES string of the molecule is COc1ccc(Cl)cc1CC(CN)c1nc2ccccc2n1C. The van der Waals surface area contributed by atoms with Crippen LogP contribution in [-0.4, -0.2) is 23.2 Å². The van der Waals surface area contributed by atoms with E-state index in [0.29, 0.717) is 11.6 Å². The van der Waals surface area contributed by atoms with Crippen molar-refractivity contribution in [1.82, 2.24) is 9.55 Å². The number of fused-ring (bicyclic) bond motifs is 1. The van der Waals surface area contributed by atoms with Gasteiger partial charge in [-0.3, -0.25) is 0 Å². The van der Waals surface area contributed by atoms with Crippen LogP contribution in [0.25, 0.3) is 11.0 Å². The van der Waals surface area contributed by atoms with Crippen LogP contribution in [0.4, 0.5) is 0 Å². The number of nitrogens with zero attached hydrogens (tertiary/aromatic N) is 2. The summed E-state index contributed by atoms with van der Waals surface area (Å²) in [5.41, 5.74) is 9.19. The summed E-state index contributed by atoms with van der Waals surface area (Å²) < 4.78 is 7.56. The number of para-hydroxylation sites is 2. The summed E-state index contributed by atoms with van der Waals surface area (Å²) in [7, 11) is 3.70. The molecule has 0 bridgehead atoms. The molecule has 4 nitrogen and oxygen atoms in total. The molecule has 0 spiro atoms. The highest BCUT2D eigenvalue weighted by Gasteiger charge is 2.19. The van der Waals surface area contributed by atoms with Crippen molar-refractivity contribution in [2.24, 2.45) is 12.8 Å². The Hall–Kier alpha value is -2.04. The Balaban J connectivity index is 1.99. The highest BCUT2D eigenvalue weighted by molar-refractivity contribution is 6.30. The predicted molar refractivity (Wildman–Crippen MR) is 94.2 cm³/mol. The molecule has 0 amide bonds. The van der Waals surface area contributed by atoms with Crippen molar-refractivity contribution in [3.05, 3.63) is 58.9 Å². The molecule has 23 heavy (non-hydrogen) atoms. The van der Waals surface area contributed by atoms with Gasteiger partial charge in [0.05, 0.1) is 18.1 Å². The van der Waals surface area contributed by atoms with Gasteiger partial charge in [0.15, 0.2) is 0 Å². The van der Waals surface area contributed by atoms with E-state index in [1.807, 2.05) is 43.4 Å². The minimum absolute atomic E-state index is 0.0970. The molecule has 2 aromatic carbocycles. The summed E-state index contributed by atoms with van der Waals surface area (Å²) in [6.45, 7) is 0.507. The average molecular weight is 330 g/mol. The van der Waals surface area contributed by atoms with Crippen LogP contribution in [0, 0.1) is 0 Å². The first-order chi connectivity index (χ1) is 11.1. The molecule has 0 fully saturated rings. The maximum absolute atomic E-state index is 6.13. The molecule has 0 aliphatic carbocycles. The highest BCUT2D eigenvalue weighted by atomic mass is 35.5. The molecule has 3 rings (SSSR count). The molecule has 2 N–H and O–H groups in total. The van der Waals surface area contributed by atoms with Gasteiger partial charge in [-0.15, -0.1) is 0 Å². The largest absolute Gasteiger partial charge is 0.496 e. The Labute approximate surface area is 140 Å². The first kappa shape index (κ1) is 15.8. The molecule has 0 saturated heterocycles. The number of methoxy groups -OCH3 is 1. The topological polar surface area (TPSA) is 53.1 Å². The number of hydrogen-bond acceptors (Lipinski definition) is 3. The molecule has 3 aromatic rings. The molecule has 5 heteroatoms. The average Bonchev–Trinajstić information content (AvgIpc) is 2.90. The van der Waals surface area contributed by atoms with Crippen molar-refractivity contribution in [3.63, 3.8) is 0 Å². The fraction of sp³-hybridized carbons (Fsp3) is 0.278. The van der Waals surface area contributed by atoms with Gasteiger partial charge in [-0.2, -0.15) is 0 Å². The standard InChI is InChI=1S/C18H20ClN3O/c1-22-16-6-4-3-5-15(16)21-18(22)13(11-20)9-12-10-14(19)7-8-17(12)23-2/h3-8,10,13H,9,11,20H2,1-2H3. The van der Waals surface area contributed by atoms with E-state index in [2.05, 4.69) is 10.6 Å². The van der Waals surface area contributed by atoms with Gasteiger partial charge in [0.1, 0.15) is 11.6 Å². The summed E-state index contributed by atoms with van der Waals surface area (Å²) in [5.74, 6) is 1.90. The number of imidazole rings is 1. The van der Waals surface area contributed by atoms with Gasteiger partial charge in [0, 0.05) is 24.5 Å². The zero-order valence-corrected chi connectivity index (χ0v) is 14.0. The van der Waals surface area contributed by atoms with Crippen molar-refractivity contribution in [2.75, 3.05) is 13.7 Å². The number of benzene rings is 2. The summed E-state index contributed by atoms with van der Waals surface area (Å²) in [6.07, 6.45) is 0.734. The molecule has 120 valence electrons. The van der Waals surface area contributed by atoms with E-state index in [-0.39, 0.29) is 5.92 Å². The zero-order valence-electron chi connectivity index (χ0n) is 13.3. The van der Waals surface area contributed by atoms with Crippen LogP contribution in [0.2, 0.25) is 5.02 Å². The summed E-state index contributed by atoms with van der Waals surface area (Å²) in [5, 5.41) is 0.696. The van der Waals surface area contributed by atoms with Crippen molar-refractivity contribution in [3.8, 4) is 5.75 Å². The number of rotatable bonds is 5. The quantitative estimate of drug-likeness (QED) is 0.779. The Morgan fingerprint density at radius 2 is 2.04 bits per heavy atom. The Morgan fingerprint density at radius 3 is 2.74 bits per heavy atom.